The number of carboxylic acid groups (broad SMARTS) is 1. The molecule has 6 heteroatoms. The number of aryl methyl sites for hydroxylation is 1. The zero-order valence-corrected chi connectivity index (χ0v) is 8.88. The number of hydrogen-bond acceptors (Lipinski definition) is 4. The van der Waals surface area contributed by atoms with Crippen LogP contribution < -0.4 is 0 Å². The van der Waals surface area contributed by atoms with Gasteiger partial charge in [0.15, 0.2) is 0 Å². The Morgan fingerprint density at radius 3 is 2.71 bits per heavy atom. The van der Waals surface area contributed by atoms with Crippen molar-refractivity contribution in [3.8, 4) is 6.07 Å². The molecule has 0 amide bonds. The molecule has 0 radical (unpaired) electrons. The van der Waals surface area contributed by atoms with Gasteiger partial charge in [-0.15, -0.1) is 0 Å². The van der Waals surface area contributed by atoms with Crippen molar-refractivity contribution in [2.45, 2.75) is 6.92 Å². The van der Waals surface area contributed by atoms with E-state index in [0.29, 0.717) is 5.56 Å². The van der Waals surface area contributed by atoms with Crippen molar-refractivity contribution in [3.05, 3.63) is 45.0 Å². The molecule has 0 saturated carbocycles. The summed E-state index contributed by atoms with van der Waals surface area (Å²) in [7, 11) is 0. The van der Waals surface area contributed by atoms with E-state index in [1.54, 1.807) is 13.0 Å². The van der Waals surface area contributed by atoms with Crippen LogP contribution in [0.1, 0.15) is 16.7 Å². The molecule has 86 valence electrons. The molecule has 0 atom stereocenters. The largest absolute Gasteiger partial charge is 0.478 e. The summed E-state index contributed by atoms with van der Waals surface area (Å²) in [5.74, 6) is -1.18. The minimum atomic E-state index is -1.18. The fourth-order valence-corrected chi connectivity index (χ4v) is 1.35. The lowest BCUT2D eigenvalue weighted by Crippen LogP contribution is -1.96. The SMILES string of the molecule is Cc1cc(/C=C/C(=O)O)c(C#N)c([N+](=O)[O-])c1. The van der Waals surface area contributed by atoms with Crippen LogP contribution in [0.2, 0.25) is 0 Å². The van der Waals surface area contributed by atoms with E-state index in [4.69, 9.17) is 10.4 Å². The summed E-state index contributed by atoms with van der Waals surface area (Å²) in [6.45, 7) is 1.63. The number of benzene rings is 1. The molecular weight excluding hydrogens is 224 g/mol. The van der Waals surface area contributed by atoms with Crippen molar-refractivity contribution in [1.29, 1.82) is 5.26 Å². The van der Waals surface area contributed by atoms with Crippen LogP contribution in [0.5, 0.6) is 0 Å². The zero-order valence-electron chi connectivity index (χ0n) is 8.88. The summed E-state index contributed by atoms with van der Waals surface area (Å²) >= 11 is 0. The van der Waals surface area contributed by atoms with Crippen molar-refractivity contribution >= 4 is 17.7 Å². The van der Waals surface area contributed by atoms with Crippen LogP contribution in [0.15, 0.2) is 18.2 Å². The zero-order chi connectivity index (χ0) is 13.0. The van der Waals surface area contributed by atoms with Gasteiger partial charge in [0.1, 0.15) is 11.6 Å². The number of nitro benzene ring substituents is 1. The van der Waals surface area contributed by atoms with Crippen molar-refractivity contribution in [2.24, 2.45) is 0 Å². The van der Waals surface area contributed by atoms with Crippen molar-refractivity contribution < 1.29 is 14.8 Å². The first-order chi connectivity index (χ1) is 7.95. The van der Waals surface area contributed by atoms with Gasteiger partial charge in [-0.2, -0.15) is 5.26 Å². The first kappa shape index (κ1) is 12.4. The Morgan fingerprint density at radius 1 is 1.59 bits per heavy atom. The van der Waals surface area contributed by atoms with E-state index in [0.717, 1.165) is 6.08 Å². The molecule has 0 unspecified atom stereocenters. The summed E-state index contributed by atoms with van der Waals surface area (Å²) in [4.78, 5) is 20.4. The van der Waals surface area contributed by atoms with Gasteiger partial charge in [-0.05, 0) is 24.1 Å². The first-order valence-corrected chi connectivity index (χ1v) is 4.56. The molecule has 1 rings (SSSR count). The van der Waals surface area contributed by atoms with Gasteiger partial charge in [-0.3, -0.25) is 10.1 Å². The number of nitro groups is 1. The number of hydrogen-bond donors (Lipinski definition) is 1. The third kappa shape index (κ3) is 2.89. The third-order valence-corrected chi connectivity index (χ3v) is 2.01. The molecule has 0 aliphatic rings. The molecule has 0 fully saturated rings. The van der Waals surface area contributed by atoms with Gasteiger partial charge in [0.05, 0.1) is 4.92 Å². The van der Waals surface area contributed by atoms with E-state index in [-0.39, 0.29) is 16.8 Å². The maximum absolute atomic E-state index is 10.7. The van der Waals surface area contributed by atoms with E-state index in [1.807, 2.05) is 0 Å². The average molecular weight is 232 g/mol. The van der Waals surface area contributed by atoms with Crippen LogP contribution in [0.25, 0.3) is 6.08 Å². The molecule has 0 saturated heterocycles. The van der Waals surface area contributed by atoms with Gasteiger partial charge in [-0.25, -0.2) is 4.79 Å². The summed E-state index contributed by atoms with van der Waals surface area (Å²) in [5, 5.41) is 28.1. The standard InChI is InChI=1S/C11H8N2O4/c1-7-4-8(2-3-11(14)15)9(6-12)10(5-7)13(16)17/h2-5H,1H3,(H,14,15)/b3-2+. The molecule has 17 heavy (non-hydrogen) atoms. The van der Waals surface area contributed by atoms with Gasteiger partial charge in [0.2, 0.25) is 0 Å². The number of carbonyl (C=O) groups is 1. The number of carboxylic acids is 1. The second-order valence-corrected chi connectivity index (χ2v) is 3.29. The molecule has 1 aromatic carbocycles. The molecule has 0 aliphatic carbocycles. The Labute approximate surface area is 96.6 Å². The molecule has 0 heterocycles. The Balaban J connectivity index is 3.45. The summed E-state index contributed by atoms with van der Waals surface area (Å²) in [5.41, 5.74) is 0.345. The maximum Gasteiger partial charge on any atom is 0.328 e. The Hall–Kier alpha value is -2.68. The van der Waals surface area contributed by atoms with Crippen molar-refractivity contribution in [3.63, 3.8) is 0 Å². The minimum absolute atomic E-state index is 0.141. The molecule has 0 spiro atoms. The second-order valence-electron chi connectivity index (χ2n) is 3.29. The maximum atomic E-state index is 10.7. The lowest BCUT2D eigenvalue weighted by molar-refractivity contribution is -0.385. The number of nitrogens with zero attached hydrogens (tertiary/aromatic N) is 2. The highest BCUT2D eigenvalue weighted by molar-refractivity contribution is 5.86. The van der Waals surface area contributed by atoms with Gasteiger partial charge in [-0.1, -0.05) is 6.07 Å². The van der Waals surface area contributed by atoms with Crippen LogP contribution in [-0.4, -0.2) is 16.0 Å². The van der Waals surface area contributed by atoms with Crippen LogP contribution in [-0.2, 0) is 4.79 Å². The van der Waals surface area contributed by atoms with Crippen LogP contribution in [0.4, 0.5) is 5.69 Å². The van der Waals surface area contributed by atoms with E-state index in [9.17, 15) is 14.9 Å². The van der Waals surface area contributed by atoms with Gasteiger partial charge in [0, 0.05) is 12.1 Å². The Bertz CT molecular complexity index is 555. The van der Waals surface area contributed by atoms with Crippen LogP contribution in [0, 0.1) is 28.4 Å². The average Bonchev–Trinajstić information content (AvgIpc) is 2.25. The summed E-state index contributed by atoms with van der Waals surface area (Å²) in [6.07, 6.45) is 2.00. The highest BCUT2D eigenvalue weighted by atomic mass is 16.6. The molecule has 0 aliphatic heterocycles. The van der Waals surface area contributed by atoms with E-state index >= 15 is 0 Å². The third-order valence-electron chi connectivity index (χ3n) is 2.01. The normalized spacial score (nSPS) is 10.1. The fraction of sp³-hybridized carbons (Fsp3) is 0.0909. The molecule has 1 N–H and O–H groups in total. The Morgan fingerprint density at radius 2 is 2.24 bits per heavy atom. The monoisotopic (exact) mass is 232 g/mol. The fourth-order valence-electron chi connectivity index (χ4n) is 1.35. The van der Waals surface area contributed by atoms with Crippen molar-refractivity contribution in [1.82, 2.24) is 0 Å². The van der Waals surface area contributed by atoms with Crippen LogP contribution in [0.3, 0.4) is 0 Å². The highest BCUT2D eigenvalue weighted by Gasteiger charge is 2.17. The summed E-state index contributed by atoms with van der Waals surface area (Å²) in [6, 6.07) is 4.50. The predicted molar refractivity (Wildman–Crippen MR) is 59.2 cm³/mol. The lowest BCUT2D eigenvalue weighted by Gasteiger charge is -2.01. The smallest absolute Gasteiger partial charge is 0.328 e. The number of nitriles is 1. The molecule has 1 aromatic rings. The quantitative estimate of drug-likeness (QED) is 0.486. The lowest BCUT2D eigenvalue weighted by atomic mass is 10.0. The van der Waals surface area contributed by atoms with Crippen LogP contribution >= 0.6 is 0 Å². The molecule has 0 bridgehead atoms. The van der Waals surface area contributed by atoms with E-state index in [1.165, 1.54) is 18.2 Å². The van der Waals surface area contributed by atoms with E-state index in [2.05, 4.69) is 0 Å². The number of rotatable bonds is 3. The Kier molecular flexibility index (Phi) is 3.57. The molecule has 0 aromatic heterocycles. The van der Waals surface area contributed by atoms with Crippen molar-refractivity contribution in [2.75, 3.05) is 0 Å². The van der Waals surface area contributed by atoms with Gasteiger partial charge < -0.3 is 5.11 Å². The summed E-state index contributed by atoms with van der Waals surface area (Å²) < 4.78 is 0. The molecular formula is C11H8N2O4. The minimum Gasteiger partial charge on any atom is -0.478 e. The first-order valence-electron chi connectivity index (χ1n) is 4.56. The topological polar surface area (TPSA) is 104 Å². The predicted octanol–water partition coefficient (Wildman–Crippen LogP) is 1.87. The van der Waals surface area contributed by atoms with Gasteiger partial charge >= 0.3 is 5.97 Å². The second kappa shape index (κ2) is 4.90. The highest BCUT2D eigenvalue weighted by Crippen LogP contribution is 2.24. The molecule has 6 nitrogen and oxygen atoms in total. The van der Waals surface area contributed by atoms with Gasteiger partial charge in [0.25, 0.3) is 5.69 Å². The van der Waals surface area contributed by atoms with E-state index < -0.39 is 10.9 Å². The number of aliphatic carboxylic acids is 1.